The van der Waals surface area contributed by atoms with Crippen LogP contribution in [-0.4, -0.2) is 28.6 Å². The van der Waals surface area contributed by atoms with Crippen LogP contribution in [0.3, 0.4) is 0 Å². The summed E-state index contributed by atoms with van der Waals surface area (Å²) in [4.78, 5) is 26.2. The number of hydrogen-bond donors (Lipinski definition) is 3. The molecule has 0 saturated carbocycles. The molecule has 2 amide bonds. The molecule has 0 bridgehead atoms. The molecule has 0 aliphatic carbocycles. The number of carbonyl (C=O) groups excluding carboxylic acids is 1. The standard InChI is InChI=1S/C13H13N3O3S/c17-12(18)10-5-11(7-14-6-10)16-13(19)15-3-1-9-2-4-20-8-9/h2,4-8H,1,3H2,(H,17,18)(H2,15,16,19). The number of anilines is 1. The van der Waals surface area contributed by atoms with E-state index in [1.54, 1.807) is 11.3 Å². The van der Waals surface area contributed by atoms with Gasteiger partial charge in [0.05, 0.1) is 17.4 Å². The van der Waals surface area contributed by atoms with E-state index in [-0.39, 0.29) is 11.6 Å². The summed E-state index contributed by atoms with van der Waals surface area (Å²) in [5.74, 6) is -1.08. The van der Waals surface area contributed by atoms with Gasteiger partial charge in [-0.2, -0.15) is 11.3 Å². The van der Waals surface area contributed by atoms with Gasteiger partial charge in [0, 0.05) is 12.7 Å². The van der Waals surface area contributed by atoms with Crippen molar-refractivity contribution in [2.24, 2.45) is 0 Å². The second kappa shape index (κ2) is 6.67. The van der Waals surface area contributed by atoms with Crippen LogP contribution in [0.15, 0.2) is 35.3 Å². The van der Waals surface area contributed by atoms with E-state index in [2.05, 4.69) is 15.6 Å². The summed E-state index contributed by atoms with van der Waals surface area (Å²) in [6.45, 7) is 0.509. The lowest BCUT2D eigenvalue weighted by molar-refractivity contribution is 0.0696. The number of aromatic carboxylic acids is 1. The minimum Gasteiger partial charge on any atom is -0.478 e. The molecule has 0 atom stereocenters. The van der Waals surface area contributed by atoms with Crippen LogP contribution < -0.4 is 10.6 Å². The van der Waals surface area contributed by atoms with Gasteiger partial charge in [0.15, 0.2) is 0 Å². The molecule has 0 unspecified atom stereocenters. The second-order valence-electron chi connectivity index (χ2n) is 4.03. The number of carbonyl (C=O) groups is 2. The number of hydrogen-bond acceptors (Lipinski definition) is 4. The van der Waals surface area contributed by atoms with Gasteiger partial charge in [0.1, 0.15) is 0 Å². The number of carboxylic acid groups (broad SMARTS) is 1. The van der Waals surface area contributed by atoms with Crippen molar-refractivity contribution in [3.8, 4) is 0 Å². The maximum Gasteiger partial charge on any atom is 0.337 e. The molecule has 0 aliphatic rings. The Bertz CT molecular complexity index is 599. The first-order chi connectivity index (χ1) is 9.65. The molecule has 0 radical (unpaired) electrons. The summed E-state index contributed by atoms with van der Waals surface area (Å²) in [7, 11) is 0. The highest BCUT2D eigenvalue weighted by molar-refractivity contribution is 7.07. The van der Waals surface area contributed by atoms with Gasteiger partial charge in [0.2, 0.25) is 0 Å². The molecule has 0 spiro atoms. The van der Waals surface area contributed by atoms with Crippen LogP contribution in [0.1, 0.15) is 15.9 Å². The first kappa shape index (κ1) is 14.0. The Balaban J connectivity index is 1.82. The quantitative estimate of drug-likeness (QED) is 0.787. The summed E-state index contributed by atoms with van der Waals surface area (Å²) in [5, 5.41) is 18.1. The van der Waals surface area contributed by atoms with Crippen LogP contribution in [0, 0.1) is 0 Å². The number of thiophene rings is 1. The number of urea groups is 1. The predicted octanol–water partition coefficient (Wildman–Crippen LogP) is 2.21. The second-order valence-corrected chi connectivity index (χ2v) is 4.81. The minimum atomic E-state index is -1.08. The molecule has 2 aromatic heterocycles. The number of nitrogens with zero attached hydrogens (tertiary/aromatic N) is 1. The summed E-state index contributed by atoms with van der Waals surface area (Å²) in [5.41, 5.74) is 1.55. The van der Waals surface area contributed by atoms with E-state index in [0.29, 0.717) is 12.2 Å². The normalized spacial score (nSPS) is 10.0. The van der Waals surface area contributed by atoms with E-state index in [1.165, 1.54) is 24.0 Å². The lowest BCUT2D eigenvalue weighted by atomic mass is 10.2. The van der Waals surface area contributed by atoms with Crippen LogP contribution in [0.4, 0.5) is 10.5 Å². The SMILES string of the molecule is O=C(NCCc1ccsc1)Nc1cncc(C(=O)O)c1. The summed E-state index contributed by atoms with van der Waals surface area (Å²) >= 11 is 1.61. The Kier molecular flexibility index (Phi) is 4.67. The van der Waals surface area contributed by atoms with E-state index in [4.69, 9.17) is 5.11 Å². The van der Waals surface area contributed by atoms with Gasteiger partial charge in [-0.25, -0.2) is 9.59 Å². The zero-order valence-electron chi connectivity index (χ0n) is 10.5. The molecule has 20 heavy (non-hydrogen) atoms. The predicted molar refractivity (Wildman–Crippen MR) is 76.2 cm³/mol. The van der Waals surface area contributed by atoms with Crippen molar-refractivity contribution in [3.05, 3.63) is 46.4 Å². The number of pyridine rings is 1. The largest absolute Gasteiger partial charge is 0.478 e. The van der Waals surface area contributed by atoms with E-state index in [0.717, 1.165) is 6.42 Å². The molecule has 0 aliphatic heterocycles. The molecule has 2 heterocycles. The molecule has 6 nitrogen and oxygen atoms in total. The minimum absolute atomic E-state index is 0.0288. The number of aromatic nitrogens is 1. The number of rotatable bonds is 5. The van der Waals surface area contributed by atoms with Crippen LogP contribution in [0.2, 0.25) is 0 Å². The van der Waals surface area contributed by atoms with Crippen LogP contribution in [0.5, 0.6) is 0 Å². The molecule has 0 fully saturated rings. The first-order valence-corrected chi connectivity index (χ1v) is 6.83. The van der Waals surface area contributed by atoms with Crippen molar-refractivity contribution in [2.45, 2.75) is 6.42 Å². The van der Waals surface area contributed by atoms with E-state index < -0.39 is 5.97 Å². The van der Waals surface area contributed by atoms with Crippen LogP contribution >= 0.6 is 11.3 Å². The Morgan fingerprint density at radius 3 is 2.90 bits per heavy atom. The topological polar surface area (TPSA) is 91.3 Å². The Morgan fingerprint density at radius 1 is 1.35 bits per heavy atom. The smallest absolute Gasteiger partial charge is 0.337 e. The summed E-state index contributed by atoms with van der Waals surface area (Å²) < 4.78 is 0. The van der Waals surface area contributed by atoms with Gasteiger partial charge < -0.3 is 15.7 Å². The van der Waals surface area contributed by atoms with Crippen molar-refractivity contribution >= 4 is 29.0 Å². The van der Waals surface area contributed by atoms with Crippen molar-refractivity contribution < 1.29 is 14.7 Å². The molecule has 2 aromatic rings. The molecule has 104 valence electrons. The maximum absolute atomic E-state index is 11.6. The lowest BCUT2D eigenvalue weighted by Gasteiger charge is -2.07. The fourth-order valence-corrected chi connectivity index (χ4v) is 2.26. The van der Waals surface area contributed by atoms with Crippen molar-refractivity contribution in [1.82, 2.24) is 10.3 Å². The highest BCUT2D eigenvalue weighted by atomic mass is 32.1. The third-order valence-electron chi connectivity index (χ3n) is 2.52. The number of carboxylic acids is 1. The highest BCUT2D eigenvalue weighted by Gasteiger charge is 2.06. The van der Waals surface area contributed by atoms with E-state index in [1.807, 2.05) is 16.8 Å². The average molecular weight is 291 g/mol. The van der Waals surface area contributed by atoms with Gasteiger partial charge in [-0.05, 0) is 34.9 Å². The Morgan fingerprint density at radius 2 is 2.20 bits per heavy atom. The molecular formula is C13H13N3O3S. The van der Waals surface area contributed by atoms with Crippen LogP contribution in [-0.2, 0) is 6.42 Å². The summed E-state index contributed by atoms with van der Waals surface area (Å²) in [6.07, 6.45) is 3.37. The molecule has 2 rings (SSSR count). The van der Waals surface area contributed by atoms with Crippen LogP contribution in [0.25, 0.3) is 0 Å². The fourth-order valence-electron chi connectivity index (χ4n) is 1.56. The molecule has 7 heteroatoms. The first-order valence-electron chi connectivity index (χ1n) is 5.89. The van der Waals surface area contributed by atoms with E-state index in [9.17, 15) is 9.59 Å². The van der Waals surface area contributed by atoms with E-state index >= 15 is 0 Å². The highest BCUT2D eigenvalue weighted by Crippen LogP contribution is 2.08. The van der Waals surface area contributed by atoms with Crippen molar-refractivity contribution in [2.75, 3.05) is 11.9 Å². The third kappa shape index (κ3) is 4.06. The van der Waals surface area contributed by atoms with Crippen molar-refractivity contribution in [1.29, 1.82) is 0 Å². The fraction of sp³-hybridized carbons (Fsp3) is 0.154. The van der Waals surface area contributed by atoms with Gasteiger partial charge in [-0.15, -0.1) is 0 Å². The molecule has 0 aromatic carbocycles. The van der Waals surface area contributed by atoms with Gasteiger partial charge in [-0.1, -0.05) is 0 Å². The number of nitrogens with one attached hydrogen (secondary N) is 2. The zero-order valence-corrected chi connectivity index (χ0v) is 11.3. The molecule has 0 saturated heterocycles. The average Bonchev–Trinajstić information content (AvgIpc) is 2.92. The van der Waals surface area contributed by atoms with Gasteiger partial charge in [0.25, 0.3) is 0 Å². The molecular weight excluding hydrogens is 278 g/mol. The van der Waals surface area contributed by atoms with Gasteiger partial charge >= 0.3 is 12.0 Å². The lowest BCUT2D eigenvalue weighted by Crippen LogP contribution is -2.30. The van der Waals surface area contributed by atoms with Gasteiger partial charge in [-0.3, -0.25) is 4.98 Å². The third-order valence-corrected chi connectivity index (χ3v) is 3.25. The Hall–Kier alpha value is -2.41. The van der Waals surface area contributed by atoms with Crippen molar-refractivity contribution in [3.63, 3.8) is 0 Å². The molecule has 3 N–H and O–H groups in total. The monoisotopic (exact) mass is 291 g/mol. The zero-order chi connectivity index (χ0) is 14.4. The number of amides is 2. The maximum atomic E-state index is 11.6. The summed E-state index contributed by atoms with van der Waals surface area (Å²) in [6, 6.07) is 2.97. The Labute approximate surface area is 119 Å².